The summed E-state index contributed by atoms with van der Waals surface area (Å²) in [5.74, 6) is -0.833. The van der Waals surface area contributed by atoms with E-state index in [4.69, 9.17) is 17.2 Å². The third kappa shape index (κ3) is 12.6. The molecule has 2 amide bonds. The normalized spacial score (nSPS) is 16.7. The van der Waals surface area contributed by atoms with E-state index in [9.17, 15) is 19.2 Å². The summed E-state index contributed by atoms with van der Waals surface area (Å²) < 4.78 is 0. The molecular formula is C22H41N7O4. The summed E-state index contributed by atoms with van der Waals surface area (Å²) in [7, 11) is 0. The number of hydrogen-bond acceptors (Lipinski definition) is 9. The molecule has 1 aliphatic rings. The monoisotopic (exact) mass is 467 g/mol. The Bertz CT molecular complexity index is 692. The van der Waals surface area contributed by atoms with Crippen molar-refractivity contribution in [3.63, 3.8) is 0 Å². The fourth-order valence-corrected chi connectivity index (χ4v) is 3.22. The molecule has 188 valence electrons. The van der Waals surface area contributed by atoms with Crippen molar-refractivity contribution >= 4 is 23.4 Å². The maximum atomic E-state index is 13.0. The Morgan fingerprint density at radius 2 is 1.61 bits per heavy atom. The van der Waals surface area contributed by atoms with Crippen molar-refractivity contribution in [3.8, 4) is 0 Å². The van der Waals surface area contributed by atoms with E-state index >= 15 is 0 Å². The molecule has 10 N–H and O–H groups in total. The van der Waals surface area contributed by atoms with Crippen molar-refractivity contribution in [2.24, 2.45) is 29.0 Å². The molecule has 11 nitrogen and oxygen atoms in total. The van der Waals surface area contributed by atoms with Gasteiger partial charge in [-0.3, -0.25) is 30.3 Å². The molecule has 1 aliphatic carbocycles. The number of primary amides is 1. The van der Waals surface area contributed by atoms with E-state index in [1.54, 1.807) is 13.0 Å². The summed E-state index contributed by atoms with van der Waals surface area (Å²) in [5, 5.41) is 11.3. The molecule has 0 radical (unpaired) electrons. The van der Waals surface area contributed by atoms with E-state index in [2.05, 4.69) is 21.3 Å². The van der Waals surface area contributed by atoms with Gasteiger partial charge in [-0.2, -0.15) is 0 Å². The van der Waals surface area contributed by atoms with Crippen molar-refractivity contribution in [3.05, 3.63) is 12.2 Å². The third-order valence-electron chi connectivity index (χ3n) is 5.29. The number of allylic oxidation sites excluding steroid dienone is 1. The number of carbonyl (C=O) groups is 4. The van der Waals surface area contributed by atoms with Crippen molar-refractivity contribution in [1.29, 1.82) is 0 Å². The number of urea groups is 1. The number of Topliss-reactive ketones (excluding diaryl/α,β-unsaturated/α-hetero) is 2. The van der Waals surface area contributed by atoms with Crippen LogP contribution >= 0.6 is 0 Å². The van der Waals surface area contributed by atoms with Gasteiger partial charge in [0.1, 0.15) is 6.29 Å². The maximum Gasteiger partial charge on any atom is 0.312 e. The minimum absolute atomic E-state index is 0.0496. The van der Waals surface area contributed by atoms with Gasteiger partial charge in [-0.05, 0) is 63.5 Å². The number of nitrogens with two attached hydrogens (primary N) is 3. The lowest BCUT2D eigenvalue weighted by molar-refractivity contribution is -0.139. The Balaban J connectivity index is 2.72. The van der Waals surface area contributed by atoms with Crippen LogP contribution in [0.3, 0.4) is 0 Å². The quantitative estimate of drug-likeness (QED) is 0.0585. The summed E-state index contributed by atoms with van der Waals surface area (Å²) in [4.78, 5) is 49.4. The number of nitrogens with one attached hydrogen (secondary N) is 4. The molecule has 1 fully saturated rings. The Kier molecular flexibility index (Phi) is 13.0. The Labute approximate surface area is 196 Å². The molecule has 3 atom stereocenters. The molecule has 0 aromatic rings. The highest BCUT2D eigenvalue weighted by Crippen LogP contribution is 2.29. The maximum absolute atomic E-state index is 13.0. The zero-order chi connectivity index (χ0) is 25.0. The van der Waals surface area contributed by atoms with Crippen molar-refractivity contribution in [2.45, 2.75) is 77.3 Å². The highest BCUT2D eigenvalue weighted by molar-refractivity contribution is 6.41. The first-order chi connectivity index (χ1) is 15.5. The lowest BCUT2D eigenvalue weighted by atomic mass is 9.94. The van der Waals surface area contributed by atoms with Gasteiger partial charge in [0.05, 0.1) is 18.1 Å². The summed E-state index contributed by atoms with van der Waals surface area (Å²) in [5.41, 5.74) is 16.1. The van der Waals surface area contributed by atoms with Gasteiger partial charge in [-0.15, -0.1) is 0 Å². The fraction of sp³-hybridized carbons (Fsp3) is 0.727. The van der Waals surface area contributed by atoms with E-state index in [0.717, 1.165) is 12.8 Å². The van der Waals surface area contributed by atoms with Crippen LogP contribution in [0.2, 0.25) is 0 Å². The molecule has 0 aromatic heterocycles. The second kappa shape index (κ2) is 14.9. The number of hydrogen-bond donors (Lipinski definition) is 7. The molecule has 1 rings (SSSR count). The van der Waals surface area contributed by atoms with E-state index < -0.39 is 42.0 Å². The summed E-state index contributed by atoms with van der Waals surface area (Å²) in [6.45, 7) is 6.11. The van der Waals surface area contributed by atoms with Crippen LogP contribution in [-0.2, 0) is 14.4 Å². The Hall–Kier alpha value is -2.18. The van der Waals surface area contributed by atoms with Crippen LogP contribution in [-0.4, -0.2) is 61.0 Å². The number of amides is 2. The second-order valence-electron chi connectivity index (χ2n) is 9.00. The average molecular weight is 468 g/mol. The summed E-state index contributed by atoms with van der Waals surface area (Å²) >= 11 is 0. The van der Waals surface area contributed by atoms with E-state index in [-0.39, 0.29) is 18.4 Å². The van der Waals surface area contributed by atoms with Crippen molar-refractivity contribution in [2.75, 3.05) is 13.2 Å². The van der Waals surface area contributed by atoms with E-state index in [0.29, 0.717) is 31.7 Å². The van der Waals surface area contributed by atoms with Crippen LogP contribution < -0.4 is 38.5 Å². The molecular weight excluding hydrogens is 426 g/mol. The largest absolute Gasteiger partial charge is 0.352 e. The van der Waals surface area contributed by atoms with Gasteiger partial charge in [0, 0.05) is 6.67 Å². The zero-order valence-electron chi connectivity index (χ0n) is 19.9. The van der Waals surface area contributed by atoms with Crippen LogP contribution in [0, 0.1) is 11.8 Å². The molecule has 0 heterocycles. The van der Waals surface area contributed by atoms with Crippen LogP contribution in [0.5, 0.6) is 0 Å². The second-order valence-corrected chi connectivity index (χ2v) is 9.00. The third-order valence-corrected chi connectivity index (χ3v) is 5.29. The lowest BCUT2D eigenvalue weighted by Gasteiger charge is -2.23. The standard InChI is InChI=1S/C22H41N7O4/c1-13(2)11-17(29-22(25)33)20(32)19(31)16(5-4-10-26-21(23)24)28-12-27-14(3)18(30)9-8-15-6-7-15/h8-9,13-17,21,26-28H,4-7,10-12,23-24H2,1-3H3,(H3,25,29,33)/b9-8+/t14-,16-,17-/m0/s1. The van der Waals surface area contributed by atoms with Gasteiger partial charge < -0.3 is 22.5 Å². The molecule has 11 heteroatoms. The summed E-state index contributed by atoms with van der Waals surface area (Å²) in [6.07, 6.45) is 6.24. The van der Waals surface area contributed by atoms with Gasteiger partial charge >= 0.3 is 6.03 Å². The Morgan fingerprint density at radius 3 is 2.15 bits per heavy atom. The van der Waals surface area contributed by atoms with E-state index in [1.807, 2.05) is 19.9 Å². The predicted octanol–water partition coefficient (Wildman–Crippen LogP) is -0.792. The van der Waals surface area contributed by atoms with E-state index in [1.165, 1.54) is 0 Å². The van der Waals surface area contributed by atoms with Gasteiger partial charge in [0.15, 0.2) is 5.78 Å². The minimum Gasteiger partial charge on any atom is -0.352 e. The predicted molar refractivity (Wildman–Crippen MR) is 127 cm³/mol. The number of rotatable bonds is 18. The molecule has 0 bridgehead atoms. The van der Waals surface area contributed by atoms with Crippen molar-refractivity contribution in [1.82, 2.24) is 21.3 Å². The molecule has 0 aliphatic heterocycles. The summed E-state index contributed by atoms with van der Waals surface area (Å²) in [6, 6.07) is -3.10. The Morgan fingerprint density at radius 1 is 0.970 bits per heavy atom. The first kappa shape index (κ1) is 28.9. The zero-order valence-corrected chi connectivity index (χ0v) is 19.9. The molecule has 1 saturated carbocycles. The average Bonchev–Trinajstić information content (AvgIpc) is 3.55. The van der Waals surface area contributed by atoms with Crippen molar-refractivity contribution < 1.29 is 19.2 Å². The first-order valence-electron chi connectivity index (χ1n) is 11.6. The van der Waals surface area contributed by atoms with Crippen LogP contribution in [0.1, 0.15) is 52.9 Å². The SMILES string of the molecule is CC(C)C[C@H](NC(N)=O)C(=O)C(=O)[C@H](CCCNC(N)N)NCN[C@@H](C)C(=O)/C=C/C1CC1. The molecule has 0 spiro atoms. The number of ketones is 3. The smallest absolute Gasteiger partial charge is 0.312 e. The van der Waals surface area contributed by atoms with Gasteiger partial charge in [-0.1, -0.05) is 19.9 Å². The molecule has 0 unspecified atom stereocenters. The van der Waals surface area contributed by atoms with Gasteiger partial charge in [0.2, 0.25) is 11.6 Å². The minimum atomic E-state index is -0.990. The van der Waals surface area contributed by atoms with Crippen LogP contribution in [0.4, 0.5) is 4.79 Å². The van der Waals surface area contributed by atoms with Gasteiger partial charge in [-0.25, -0.2) is 4.79 Å². The fourth-order valence-electron chi connectivity index (χ4n) is 3.22. The first-order valence-corrected chi connectivity index (χ1v) is 11.6. The highest BCUT2D eigenvalue weighted by atomic mass is 16.2. The number of carbonyl (C=O) groups excluding carboxylic acids is 4. The molecule has 33 heavy (non-hydrogen) atoms. The van der Waals surface area contributed by atoms with Gasteiger partial charge in [0.25, 0.3) is 0 Å². The van der Waals surface area contributed by atoms with Crippen LogP contribution in [0.15, 0.2) is 12.2 Å². The topological polar surface area (TPSA) is 194 Å². The molecule has 0 saturated heterocycles. The van der Waals surface area contributed by atoms with Crippen LogP contribution in [0.25, 0.3) is 0 Å². The highest BCUT2D eigenvalue weighted by Gasteiger charge is 2.32. The molecule has 0 aromatic carbocycles. The lowest BCUT2D eigenvalue weighted by Crippen LogP contribution is -2.53.